The lowest BCUT2D eigenvalue weighted by Crippen LogP contribution is -2.21. The molecule has 0 saturated carbocycles. The van der Waals surface area contributed by atoms with Crippen molar-refractivity contribution in [3.63, 3.8) is 0 Å². The van der Waals surface area contributed by atoms with Gasteiger partial charge in [0.05, 0.1) is 30.9 Å². The molecule has 0 radical (unpaired) electrons. The van der Waals surface area contributed by atoms with E-state index in [9.17, 15) is 9.46 Å². The second kappa shape index (κ2) is 7.65. The van der Waals surface area contributed by atoms with Crippen molar-refractivity contribution in [2.75, 3.05) is 18.9 Å². The van der Waals surface area contributed by atoms with Crippen molar-refractivity contribution in [1.82, 2.24) is 0 Å². The molecule has 0 aliphatic heterocycles. The molecule has 0 aromatic heterocycles. The van der Waals surface area contributed by atoms with Gasteiger partial charge in [-0.05, 0) is 60.7 Å². The van der Waals surface area contributed by atoms with Crippen molar-refractivity contribution in [2.45, 2.75) is 0 Å². The molecule has 3 aromatic carbocycles. The van der Waals surface area contributed by atoms with Crippen molar-refractivity contribution in [3.8, 4) is 11.5 Å². The molecule has 1 unspecified atom stereocenters. The third kappa shape index (κ3) is 3.59. The first-order valence-electron chi connectivity index (χ1n) is 8.03. The molecular weight excluding hydrogens is 349 g/mol. The van der Waals surface area contributed by atoms with E-state index in [0.29, 0.717) is 28.2 Å². The number of hydrogen-bond donors (Lipinski definition) is 1. The zero-order valence-corrected chi connectivity index (χ0v) is 15.5. The zero-order chi connectivity index (χ0) is 18.6. The van der Waals surface area contributed by atoms with Crippen LogP contribution in [0.15, 0.2) is 78.9 Å². The Hall–Kier alpha value is -2.75. The molecule has 1 atom stereocenters. The summed E-state index contributed by atoms with van der Waals surface area (Å²) in [6.45, 7) is 0. The lowest BCUT2D eigenvalue weighted by molar-refractivity contribution is 0.415. The van der Waals surface area contributed by atoms with Gasteiger partial charge >= 0.3 is 7.52 Å². The van der Waals surface area contributed by atoms with Crippen molar-refractivity contribution in [1.29, 1.82) is 0 Å². The van der Waals surface area contributed by atoms with Crippen LogP contribution < -0.4 is 19.4 Å². The van der Waals surface area contributed by atoms with Gasteiger partial charge in [0.25, 0.3) is 0 Å². The van der Waals surface area contributed by atoms with Gasteiger partial charge in [-0.1, -0.05) is 18.2 Å². The number of ether oxygens (including phenoxy) is 2. The molecule has 0 spiro atoms. The number of anilines is 2. The summed E-state index contributed by atoms with van der Waals surface area (Å²) >= 11 is 0. The van der Waals surface area contributed by atoms with Crippen LogP contribution in [0.3, 0.4) is 0 Å². The maximum Gasteiger partial charge on any atom is 0.328 e. The van der Waals surface area contributed by atoms with E-state index in [1.54, 1.807) is 87.0 Å². The van der Waals surface area contributed by atoms with Crippen LogP contribution >= 0.6 is 7.52 Å². The molecule has 0 saturated heterocycles. The van der Waals surface area contributed by atoms with Gasteiger partial charge in [0.1, 0.15) is 11.5 Å². The quantitative estimate of drug-likeness (QED) is 0.655. The fraction of sp³-hybridized carbons (Fsp3) is 0.100. The third-order valence-electron chi connectivity index (χ3n) is 4.00. The minimum Gasteiger partial charge on any atom is -0.497 e. The molecule has 0 fully saturated rings. The molecule has 3 aromatic rings. The van der Waals surface area contributed by atoms with Gasteiger partial charge in [0.2, 0.25) is 0 Å². The first-order chi connectivity index (χ1) is 12.6. The number of nitrogens with zero attached hydrogens (tertiary/aromatic N) is 1. The molecule has 5 nitrogen and oxygen atoms in total. The summed E-state index contributed by atoms with van der Waals surface area (Å²) in [5.41, 5.74) is 1.18. The summed E-state index contributed by atoms with van der Waals surface area (Å²) in [7, 11) is -0.733. The summed E-state index contributed by atoms with van der Waals surface area (Å²) < 4.78 is 25.3. The Morgan fingerprint density at radius 1 is 0.731 bits per heavy atom. The first kappa shape index (κ1) is 18.1. The lowest BCUT2D eigenvalue weighted by atomic mass is 10.2. The predicted octanol–water partition coefficient (Wildman–Crippen LogP) is 4.35. The van der Waals surface area contributed by atoms with E-state index in [1.165, 1.54) is 4.67 Å². The van der Waals surface area contributed by atoms with Gasteiger partial charge in [0, 0.05) is 0 Å². The van der Waals surface area contributed by atoms with E-state index < -0.39 is 7.52 Å². The molecule has 26 heavy (non-hydrogen) atoms. The first-order valence-corrected chi connectivity index (χ1v) is 9.64. The summed E-state index contributed by atoms with van der Waals surface area (Å²) in [6.07, 6.45) is 0. The van der Waals surface area contributed by atoms with Gasteiger partial charge in [0.15, 0.2) is 0 Å². The van der Waals surface area contributed by atoms with Crippen LogP contribution in [0.1, 0.15) is 0 Å². The van der Waals surface area contributed by atoms with Crippen LogP contribution in [0.2, 0.25) is 0 Å². The summed E-state index contributed by atoms with van der Waals surface area (Å²) in [4.78, 5) is 11.0. The van der Waals surface area contributed by atoms with E-state index in [4.69, 9.17) is 9.47 Å². The van der Waals surface area contributed by atoms with Crippen molar-refractivity contribution in [3.05, 3.63) is 78.9 Å². The minimum absolute atomic E-state index is 0.353. The van der Waals surface area contributed by atoms with Crippen molar-refractivity contribution < 1.29 is 18.9 Å². The van der Waals surface area contributed by atoms with Crippen molar-refractivity contribution in [2.24, 2.45) is 0 Å². The predicted molar refractivity (Wildman–Crippen MR) is 104 cm³/mol. The molecule has 0 amide bonds. The van der Waals surface area contributed by atoms with E-state index in [0.717, 1.165) is 0 Å². The van der Waals surface area contributed by atoms with Crippen LogP contribution in [0.4, 0.5) is 11.4 Å². The normalized spacial score (nSPS) is 12.9. The molecule has 6 heteroatoms. The molecule has 3 rings (SSSR count). The molecule has 134 valence electrons. The number of methoxy groups -OCH3 is 2. The van der Waals surface area contributed by atoms with E-state index in [2.05, 4.69) is 0 Å². The highest BCUT2D eigenvalue weighted by Gasteiger charge is 2.32. The SMILES string of the molecule is COc1ccc(N(c2ccc(OC)cc2)P(=O)(O)c2ccccc2)cc1. The average molecular weight is 369 g/mol. The maximum atomic E-state index is 13.4. The molecule has 1 N–H and O–H groups in total. The van der Waals surface area contributed by atoms with Gasteiger partial charge in [-0.2, -0.15) is 0 Å². The summed E-state index contributed by atoms with van der Waals surface area (Å²) in [5.74, 6) is 1.35. The van der Waals surface area contributed by atoms with Gasteiger partial charge in [-0.25, -0.2) is 0 Å². The number of hydrogen-bond acceptors (Lipinski definition) is 3. The second-order valence-electron chi connectivity index (χ2n) is 5.59. The van der Waals surface area contributed by atoms with E-state index in [1.807, 2.05) is 6.07 Å². The highest BCUT2D eigenvalue weighted by molar-refractivity contribution is 7.68. The van der Waals surface area contributed by atoms with Crippen molar-refractivity contribution >= 4 is 24.2 Å². The maximum absolute atomic E-state index is 13.4. The Morgan fingerprint density at radius 2 is 1.15 bits per heavy atom. The van der Waals surface area contributed by atoms with Gasteiger partial charge in [-0.3, -0.25) is 9.24 Å². The Kier molecular flexibility index (Phi) is 5.31. The molecule has 0 aliphatic carbocycles. The minimum atomic E-state index is -3.89. The van der Waals surface area contributed by atoms with Crippen LogP contribution in [-0.2, 0) is 4.57 Å². The summed E-state index contributed by atoms with van der Waals surface area (Å²) in [5, 5.41) is 0.353. The average Bonchev–Trinajstić information content (AvgIpc) is 2.70. The zero-order valence-electron chi connectivity index (χ0n) is 14.6. The Balaban J connectivity index is 2.12. The fourth-order valence-electron chi connectivity index (χ4n) is 2.65. The van der Waals surface area contributed by atoms with E-state index >= 15 is 0 Å². The molecule has 0 aliphatic rings. The Morgan fingerprint density at radius 3 is 1.54 bits per heavy atom. The highest BCUT2D eigenvalue weighted by atomic mass is 31.2. The molecular formula is C20H20NO4P. The topological polar surface area (TPSA) is 59.0 Å². The highest BCUT2D eigenvalue weighted by Crippen LogP contribution is 2.52. The van der Waals surface area contributed by atoms with Gasteiger partial charge < -0.3 is 14.4 Å². The largest absolute Gasteiger partial charge is 0.497 e. The second-order valence-corrected chi connectivity index (χ2v) is 7.59. The Labute approximate surface area is 152 Å². The van der Waals surface area contributed by atoms with E-state index in [-0.39, 0.29) is 0 Å². The summed E-state index contributed by atoms with van der Waals surface area (Å²) in [6, 6.07) is 22.7. The van der Waals surface area contributed by atoms with Crippen LogP contribution in [0.25, 0.3) is 0 Å². The standard InChI is InChI=1S/C20H20NO4P/c1-24-18-12-8-16(9-13-18)21(17-10-14-19(25-2)15-11-17)26(22,23)20-6-4-3-5-7-20/h3-15H,1-2H3,(H,22,23). The number of rotatable bonds is 6. The molecule has 0 bridgehead atoms. The smallest absolute Gasteiger partial charge is 0.328 e. The lowest BCUT2D eigenvalue weighted by Gasteiger charge is -2.30. The third-order valence-corrected chi connectivity index (χ3v) is 5.97. The Bertz CT molecular complexity index is 848. The fourth-order valence-corrected chi connectivity index (χ4v) is 4.33. The van der Waals surface area contributed by atoms with Gasteiger partial charge in [-0.15, -0.1) is 0 Å². The number of benzene rings is 3. The monoisotopic (exact) mass is 369 g/mol. The van der Waals surface area contributed by atoms with Crippen LogP contribution in [0, 0.1) is 0 Å². The molecule has 0 heterocycles. The van der Waals surface area contributed by atoms with Crippen LogP contribution in [0.5, 0.6) is 11.5 Å². The van der Waals surface area contributed by atoms with Crippen LogP contribution in [-0.4, -0.2) is 19.1 Å².